The summed E-state index contributed by atoms with van der Waals surface area (Å²) in [4.78, 5) is 7.43. The minimum absolute atomic E-state index is 0. The molecule has 0 aliphatic carbocycles. The van der Waals surface area contributed by atoms with Gasteiger partial charge in [-0.05, 0) is 54.3 Å². The van der Waals surface area contributed by atoms with Gasteiger partial charge in [0.15, 0.2) is 5.96 Å². The van der Waals surface area contributed by atoms with Gasteiger partial charge >= 0.3 is 0 Å². The molecule has 0 fully saturated rings. The molecule has 28 heavy (non-hydrogen) atoms. The largest absolute Gasteiger partial charge is 0.497 e. The Morgan fingerprint density at radius 1 is 1.11 bits per heavy atom. The molecule has 0 bridgehead atoms. The molecule has 3 N–H and O–H groups in total. The summed E-state index contributed by atoms with van der Waals surface area (Å²) in [5, 5.41) is 7.54. The minimum atomic E-state index is -0.216. The molecule has 150 valence electrons. The predicted molar refractivity (Wildman–Crippen MR) is 123 cm³/mol. The number of rotatable bonds is 7. The Labute approximate surface area is 181 Å². The number of nitrogens with zero attached hydrogens (tertiary/aromatic N) is 1. The van der Waals surface area contributed by atoms with Crippen LogP contribution in [0.4, 0.5) is 4.39 Å². The summed E-state index contributed by atoms with van der Waals surface area (Å²) in [6.45, 7) is 1.48. The number of hydrogen-bond acceptors (Lipinski definition) is 2. The van der Waals surface area contributed by atoms with Crippen molar-refractivity contribution in [2.75, 3.05) is 27.2 Å². The molecule has 0 aliphatic rings. The van der Waals surface area contributed by atoms with Gasteiger partial charge in [0.25, 0.3) is 0 Å². The minimum Gasteiger partial charge on any atom is -0.497 e. The van der Waals surface area contributed by atoms with E-state index >= 15 is 0 Å². The number of H-pyrrole nitrogens is 1. The number of fused-ring (bicyclic) bond motifs is 1. The Morgan fingerprint density at radius 3 is 2.64 bits per heavy atom. The Balaban J connectivity index is 0.00000280. The second kappa shape index (κ2) is 10.9. The molecule has 0 amide bonds. The van der Waals surface area contributed by atoms with E-state index in [1.54, 1.807) is 26.3 Å². The Bertz CT molecular complexity index is 926. The first-order valence-electron chi connectivity index (χ1n) is 9.02. The van der Waals surface area contributed by atoms with Crippen LogP contribution in [0.25, 0.3) is 10.9 Å². The highest BCUT2D eigenvalue weighted by Gasteiger charge is 2.05. The van der Waals surface area contributed by atoms with Crippen LogP contribution in [0.2, 0.25) is 0 Å². The number of methoxy groups -OCH3 is 1. The van der Waals surface area contributed by atoms with Gasteiger partial charge in [0.05, 0.1) is 7.11 Å². The van der Waals surface area contributed by atoms with Crippen molar-refractivity contribution in [2.45, 2.75) is 12.8 Å². The van der Waals surface area contributed by atoms with Gasteiger partial charge < -0.3 is 20.4 Å². The van der Waals surface area contributed by atoms with Crippen molar-refractivity contribution in [3.05, 3.63) is 65.6 Å². The molecule has 2 aromatic carbocycles. The van der Waals surface area contributed by atoms with Crippen LogP contribution in [-0.4, -0.2) is 38.2 Å². The van der Waals surface area contributed by atoms with Gasteiger partial charge in [-0.2, -0.15) is 0 Å². The number of halogens is 2. The summed E-state index contributed by atoms with van der Waals surface area (Å²) < 4.78 is 18.7. The second-order valence-corrected chi connectivity index (χ2v) is 6.28. The van der Waals surface area contributed by atoms with Crippen molar-refractivity contribution in [2.24, 2.45) is 4.99 Å². The lowest BCUT2D eigenvalue weighted by atomic mass is 10.1. The van der Waals surface area contributed by atoms with Crippen molar-refractivity contribution < 1.29 is 9.13 Å². The zero-order chi connectivity index (χ0) is 19.1. The normalized spacial score (nSPS) is 11.2. The summed E-state index contributed by atoms with van der Waals surface area (Å²) in [5.41, 5.74) is 3.24. The first-order valence-corrected chi connectivity index (χ1v) is 9.02. The standard InChI is InChI=1S/C21H25FN4O.HI/c1-23-21(24-10-8-15-4-3-5-18(12-15)27-2)25-11-9-16-14-26-20-7-6-17(22)13-19(16)20;/h3-7,12-14,26H,8-11H2,1-2H3,(H2,23,24,25);1H. The van der Waals surface area contributed by atoms with E-state index in [9.17, 15) is 4.39 Å². The van der Waals surface area contributed by atoms with Crippen LogP contribution in [0.3, 0.4) is 0 Å². The van der Waals surface area contributed by atoms with E-state index in [4.69, 9.17) is 4.74 Å². The monoisotopic (exact) mass is 496 g/mol. The van der Waals surface area contributed by atoms with Gasteiger partial charge in [-0.25, -0.2) is 4.39 Å². The van der Waals surface area contributed by atoms with Crippen LogP contribution in [0.5, 0.6) is 5.75 Å². The lowest BCUT2D eigenvalue weighted by Crippen LogP contribution is -2.39. The zero-order valence-electron chi connectivity index (χ0n) is 16.1. The van der Waals surface area contributed by atoms with Crippen LogP contribution >= 0.6 is 24.0 Å². The number of aromatic nitrogens is 1. The number of nitrogens with one attached hydrogen (secondary N) is 3. The van der Waals surface area contributed by atoms with Gasteiger partial charge in [-0.3, -0.25) is 4.99 Å². The van der Waals surface area contributed by atoms with E-state index in [0.29, 0.717) is 6.54 Å². The number of guanidine groups is 1. The third-order valence-electron chi connectivity index (χ3n) is 4.48. The molecule has 0 saturated heterocycles. The molecule has 3 aromatic rings. The maximum atomic E-state index is 13.5. The summed E-state index contributed by atoms with van der Waals surface area (Å²) in [6, 6.07) is 12.8. The lowest BCUT2D eigenvalue weighted by Gasteiger charge is -2.12. The maximum Gasteiger partial charge on any atom is 0.190 e. The smallest absolute Gasteiger partial charge is 0.190 e. The maximum absolute atomic E-state index is 13.5. The molecular weight excluding hydrogens is 470 g/mol. The lowest BCUT2D eigenvalue weighted by molar-refractivity contribution is 0.414. The molecule has 7 heteroatoms. The van der Waals surface area contributed by atoms with Crippen molar-refractivity contribution in [3.8, 4) is 5.75 Å². The van der Waals surface area contributed by atoms with Crippen LogP contribution in [0.15, 0.2) is 53.7 Å². The molecule has 0 atom stereocenters. The summed E-state index contributed by atoms with van der Waals surface area (Å²) in [5.74, 6) is 1.40. The van der Waals surface area contributed by atoms with Crippen molar-refractivity contribution in [1.29, 1.82) is 0 Å². The molecule has 0 unspecified atom stereocenters. The molecular formula is C21H26FIN4O. The van der Waals surface area contributed by atoms with Crippen molar-refractivity contribution in [1.82, 2.24) is 15.6 Å². The molecule has 0 saturated carbocycles. The molecule has 1 aromatic heterocycles. The average Bonchev–Trinajstić information content (AvgIpc) is 3.09. The molecule has 5 nitrogen and oxygen atoms in total. The number of ether oxygens (including phenoxy) is 1. The van der Waals surface area contributed by atoms with Crippen molar-refractivity contribution in [3.63, 3.8) is 0 Å². The average molecular weight is 496 g/mol. The summed E-state index contributed by atoms with van der Waals surface area (Å²) in [7, 11) is 3.42. The van der Waals surface area contributed by atoms with Gasteiger partial charge in [0.2, 0.25) is 0 Å². The quantitative estimate of drug-likeness (QED) is 0.264. The van der Waals surface area contributed by atoms with Gasteiger partial charge in [0.1, 0.15) is 11.6 Å². The predicted octanol–water partition coefficient (Wildman–Crippen LogP) is 3.88. The first kappa shape index (κ1) is 22.0. The van der Waals surface area contributed by atoms with E-state index in [2.05, 4.69) is 26.7 Å². The summed E-state index contributed by atoms with van der Waals surface area (Å²) in [6.07, 6.45) is 3.59. The highest BCUT2D eigenvalue weighted by atomic mass is 127. The Morgan fingerprint density at radius 2 is 1.89 bits per heavy atom. The highest BCUT2D eigenvalue weighted by molar-refractivity contribution is 14.0. The third kappa shape index (κ3) is 5.85. The Hall–Kier alpha value is -2.29. The van der Waals surface area contributed by atoms with Gasteiger partial charge in [-0.1, -0.05) is 12.1 Å². The first-order chi connectivity index (χ1) is 13.2. The van der Waals surface area contributed by atoms with Gasteiger partial charge in [0, 0.05) is 37.2 Å². The fourth-order valence-corrected chi connectivity index (χ4v) is 3.05. The fraction of sp³-hybridized carbons (Fsp3) is 0.286. The van der Waals surface area contributed by atoms with Crippen molar-refractivity contribution >= 4 is 40.8 Å². The fourth-order valence-electron chi connectivity index (χ4n) is 3.05. The molecule has 1 heterocycles. The topological polar surface area (TPSA) is 61.4 Å². The number of aliphatic imine (C=N–C) groups is 1. The molecule has 0 spiro atoms. The van der Waals surface area contributed by atoms with E-state index in [-0.39, 0.29) is 29.8 Å². The van der Waals surface area contributed by atoms with Crippen LogP contribution < -0.4 is 15.4 Å². The van der Waals surface area contributed by atoms with E-state index in [1.807, 2.05) is 24.4 Å². The van der Waals surface area contributed by atoms with Gasteiger partial charge in [-0.15, -0.1) is 24.0 Å². The number of hydrogen-bond donors (Lipinski definition) is 3. The van der Waals surface area contributed by atoms with E-state index < -0.39 is 0 Å². The van der Waals surface area contributed by atoms with Crippen LogP contribution in [-0.2, 0) is 12.8 Å². The summed E-state index contributed by atoms with van der Waals surface area (Å²) >= 11 is 0. The molecule has 0 radical (unpaired) electrons. The van der Waals surface area contributed by atoms with Crippen LogP contribution in [0.1, 0.15) is 11.1 Å². The zero-order valence-corrected chi connectivity index (χ0v) is 18.4. The van der Waals surface area contributed by atoms with E-state index in [1.165, 1.54) is 11.6 Å². The highest BCUT2D eigenvalue weighted by Crippen LogP contribution is 2.19. The molecule has 0 aliphatic heterocycles. The van der Waals surface area contributed by atoms with Crippen LogP contribution in [0, 0.1) is 5.82 Å². The second-order valence-electron chi connectivity index (χ2n) is 6.28. The van der Waals surface area contributed by atoms with E-state index in [0.717, 1.165) is 47.6 Å². The third-order valence-corrected chi connectivity index (χ3v) is 4.48. The Kier molecular flexibility index (Phi) is 8.56. The number of benzene rings is 2. The SMILES string of the molecule is CN=C(NCCc1cccc(OC)c1)NCCc1c[nH]c2ccc(F)cc12.I. The number of aromatic amines is 1. The molecule has 3 rings (SSSR count).